The Morgan fingerprint density at radius 1 is 1.30 bits per heavy atom. The Bertz CT molecular complexity index is 610. The number of benzene rings is 1. The number of nitrogens with one attached hydrogen (secondary N) is 1. The summed E-state index contributed by atoms with van der Waals surface area (Å²) in [5.74, 6) is -0.131. The molecule has 3 N–H and O–H groups in total. The van der Waals surface area contributed by atoms with Crippen LogP contribution in [0.4, 0.5) is 5.69 Å². The van der Waals surface area contributed by atoms with Crippen LogP contribution in [0.2, 0.25) is 0 Å². The molecular weight excluding hydrogens is 278 g/mol. The molecule has 0 aliphatic carbocycles. The molecule has 0 bridgehead atoms. The smallest absolute Gasteiger partial charge is 0.240 e. The van der Waals surface area contributed by atoms with E-state index in [1.807, 2.05) is 0 Å². The topological polar surface area (TPSA) is 92.5 Å². The van der Waals surface area contributed by atoms with Crippen LogP contribution in [0.25, 0.3) is 0 Å². The predicted octanol–water partition coefficient (Wildman–Crippen LogP) is 0.642. The van der Waals surface area contributed by atoms with Gasteiger partial charge in [0.15, 0.2) is 0 Å². The van der Waals surface area contributed by atoms with Crippen LogP contribution in [0.15, 0.2) is 17.0 Å². The first-order valence-corrected chi connectivity index (χ1v) is 7.70. The largest absolute Gasteiger partial charge is 0.399 e. The van der Waals surface area contributed by atoms with Crippen molar-refractivity contribution in [3.05, 3.63) is 23.3 Å². The second-order valence-corrected chi connectivity index (χ2v) is 6.63. The second-order valence-electron chi connectivity index (χ2n) is 4.90. The molecule has 6 nitrogen and oxygen atoms in total. The quantitative estimate of drug-likeness (QED) is 0.780. The monoisotopic (exact) mass is 299 g/mol. The highest BCUT2D eigenvalue weighted by Gasteiger charge is 2.18. The highest BCUT2D eigenvalue weighted by Crippen LogP contribution is 2.22. The Hall–Kier alpha value is -1.60. The molecule has 0 aliphatic rings. The van der Waals surface area contributed by atoms with Crippen LogP contribution in [0, 0.1) is 13.8 Å². The minimum absolute atomic E-state index is 0.0621. The van der Waals surface area contributed by atoms with Crippen LogP contribution in [0.1, 0.15) is 17.5 Å². The molecule has 1 aromatic rings. The molecule has 0 atom stereocenters. The molecule has 0 radical (unpaired) electrons. The van der Waals surface area contributed by atoms with Crippen LogP contribution in [0.5, 0.6) is 0 Å². The normalized spacial score (nSPS) is 11.4. The van der Waals surface area contributed by atoms with Gasteiger partial charge in [-0.2, -0.15) is 0 Å². The van der Waals surface area contributed by atoms with Crippen LogP contribution in [-0.4, -0.2) is 39.9 Å². The Balaban J connectivity index is 2.88. The minimum atomic E-state index is -3.66. The first kappa shape index (κ1) is 16.5. The molecule has 0 aliphatic heterocycles. The van der Waals surface area contributed by atoms with Gasteiger partial charge in [-0.05, 0) is 37.1 Å². The standard InChI is InChI=1S/C13H21N3O3S/c1-9-7-11(14)8-12(10(9)2)20(18,19)15-6-5-13(17)16(3)4/h7-8,15H,5-6,14H2,1-4H3. The van der Waals surface area contributed by atoms with E-state index in [2.05, 4.69) is 4.72 Å². The van der Waals surface area contributed by atoms with E-state index in [1.165, 1.54) is 11.0 Å². The molecule has 20 heavy (non-hydrogen) atoms. The molecule has 0 saturated heterocycles. The Labute approximate surface area is 120 Å². The van der Waals surface area contributed by atoms with Crippen molar-refractivity contribution in [3.8, 4) is 0 Å². The van der Waals surface area contributed by atoms with Crippen molar-refractivity contribution >= 4 is 21.6 Å². The van der Waals surface area contributed by atoms with Gasteiger partial charge in [0.2, 0.25) is 15.9 Å². The van der Waals surface area contributed by atoms with Gasteiger partial charge in [-0.1, -0.05) is 0 Å². The number of hydrogen-bond acceptors (Lipinski definition) is 4. The van der Waals surface area contributed by atoms with Crippen molar-refractivity contribution in [2.75, 3.05) is 26.4 Å². The summed E-state index contributed by atoms with van der Waals surface area (Å²) in [5.41, 5.74) is 7.56. The number of carbonyl (C=O) groups excluding carboxylic acids is 1. The molecule has 0 unspecified atom stereocenters. The van der Waals surface area contributed by atoms with Crippen molar-refractivity contribution < 1.29 is 13.2 Å². The van der Waals surface area contributed by atoms with E-state index in [0.29, 0.717) is 11.3 Å². The summed E-state index contributed by atoms with van der Waals surface area (Å²) in [5, 5.41) is 0. The second kappa shape index (κ2) is 6.23. The van der Waals surface area contributed by atoms with Gasteiger partial charge in [0, 0.05) is 32.7 Å². The molecule has 7 heteroatoms. The maximum atomic E-state index is 12.2. The maximum Gasteiger partial charge on any atom is 0.240 e. The SMILES string of the molecule is Cc1cc(N)cc(S(=O)(=O)NCCC(=O)N(C)C)c1C. The molecule has 0 saturated carbocycles. The first-order chi connectivity index (χ1) is 9.15. The van der Waals surface area contributed by atoms with E-state index < -0.39 is 10.0 Å². The third-order valence-electron chi connectivity index (χ3n) is 3.06. The predicted molar refractivity (Wildman–Crippen MR) is 78.8 cm³/mol. The van der Waals surface area contributed by atoms with Crippen LogP contribution in [-0.2, 0) is 14.8 Å². The average molecular weight is 299 g/mol. The molecule has 1 amide bonds. The number of rotatable bonds is 5. The third-order valence-corrected chi connectivity index (χ3v) is 4.65. The number of carbonyl (C=O) groups is 1. The van der Waals surface area contributed by atoms with E-state index in [4.69, 9.17) is 5.73 Å². The van der Waals surface area contributed by atoms with Crippen molar-refractivity contribution in [1.82, 2.24) is 9.62 Å². The Morgan fingerprint density at radius 2 is 1.90 bits per heavy atom. The number of anilines is 1. The number of amides is 1. The van der Waals surface area contributed by atoms with Crippen molar-refractivity contribution in [2.45, 2.75) is 25.2 Å². The summed E-state index contributed by atoms with van der Waals surface area (Å²) in [7, 11) is -0.404. The summed E-state index contributed by atoms with van der Waals surface area (Å²) in [6.07, 6.45) is 0.118. The van der Waals surface area contributed by atoms with Gasteiger partial charge in [-0.3, -0.25) is 4.79 Å². The summed E-state index contributed by atoms with van der Waals surface area (Å²) in [4.78, 5) is 13.0. The molecule has 0 spiro atoms. The highest BCUT2D eigenvalue weighted by molar-refractivity contribution is 7.89. The molecule has 0 fully saturated rings. The molecule has 112 valence electrons. The molecule has 1 aromatic carbocycles. The molecule has 0 heterocycles. The van der Waals surface area contributed by atoms with Crippen LogP contribution in [0.3, 0.4) is 0 Å². The Kier molecular flexibility index (Phi) is 5.13. The lowest BCUT2D eigenvalue weighted by molar-refractivity contribution is -0.128. The molecule has 0 aromatic heterocycles. The number of nitrogen functional groups attached to an aromatic ring is 1. The number of hydrogen-bond donors (Lipinski definition) is 2. The van der Waals surface area contributed by atoms with E-state index >= 15 is 0 Å². The number of sulfonamides is 1. The lowest BCUT2D eigenvalue weighted by Gasteiger charge is -2.13. The maximum absolute atomic E-state index is 12.2. The van der Waals surface area contributed by atoms with Crippen molar-refractivity contribution in [2.24, 2.45) is 0 Å². The fraction of sp³-hybridized carbons (Fsp3) is 0.462. The van der Waals surface area contributed by atoms with Gasteiger partial charge in [-0.25, -0.2) is 13.1 Å². The lowest BCUT2D eigenvalue weighted by atomic mass is 10.1. The zero-order valence-corrected chi connectivity index (χ0v) is 13.0. The minimum Gasteiger partial charge on any atom is -0.399 e. The number of nitrogens with two attached hydrogens (primary N) is 1. The van der Waals surface area contributed by atoms with Crippen molar-refractivity contribution in [1.29, 1.82) is 0 Å². The van der Waals surface area contributed by atoms with Crippen LogP contribution < -0.4 is 10.5 Å². The molecular formula is C13H21N3O3S. The van der Waals surface area contributed by atoms with Gasteiger partial charge < -0.3 is 10.6 Å². The van der Waals surface area contributed by atoms with E-state index in [9.17, 15) is 13.2 Å². The summed E-state index contributed by atoms with van der Waals surface area (Å²) in [6, 6.07) is 3.16. The molecule has 1 rings (SSSR count). The zero-order chi connectivity index (χ0) is 15.5. The van der Waals surface area contributed by atoms with E-state index in [1.54, 1.807) is 34.0 Å². The fourth-order valence-corrected chi connectivity index (χ4v) is 3.11. The van der Waals surface area contributed by atoms with E-state index in [0.717, 1.165) is 5.56 Å². The number of aryl methyl sites for hydroxylation is 1. The fourth-order valence-electron chi connectivity index (χ4n) is 1.73. The summed E-state index contributed by atoms with van der Waals surface area (Å²) in [6.45, 7) is 3.60. The first-order valence-electron chi connectivity index (χ1n) is 6.21. The van der Waals surface area contributed by atoms with Gasteiger partial charge in [-0.15, -0.1) is 0 Å². The average Bonchev–Trinajstić information content (AvgIpc) is 2.33. The zero-order valence-electron chi connectivity index (χ0n) is 12.2. The van der Waals surface area contributed by atoms with Gasteiger partial charge in [0.1, 0.15) is 0 Å². The summed E-state index contributed by atoms with van der Waals surface area (Å²) >= 11 is 0. The van der Waals surface area contributed by atoms with Gasteiger partial charge in [0.05, 0.1) is 4.90 Å². The lowest BCUT2D eigenvalue weighted by Crippen LogP contribution is -2.30. The third kappa shape index (κ3) is 3.94. The van der Waals surface area contributed by atoms with Crippen LogP contribution >= 0.6 is 0 Å². The Morgan fingerprint density at radius 3 is 2.45 bits per heavy atom. The summed E-state index contributed by atoms with van der Waals surface area (Å²) < 4.78 is 26.9. The van der Waals surface area contributed by atoms with Gasteiger partial charge >= 0.3 is 0 Å². The van der Waals surface area contributed by atoms with E-state index in [-0.39, 0.29) is 23.8 Å². The highest BCUT2D eigenvalue weighted by atomic mass is 32.2. The van der Waals surface area contributed by atoms with Crippen molar-refractivity contribution in [3.63, 3.8) is 0 Å². The number of nitrogens with zero attached hydrogens (tertiary/aromatic N) is 1. The van der Waals surface area contributed by atoms with Gasteiger partial charge in [0.25, 0.3) is 0 Å².